The molecule has 0 heterocycles. The molecule has 1 saturated carbocycles. The van der Waals surface area contributed by atoms with Crippen LogP contribution in [0.3, 0.4) is 0 Å². The van der Waals surface area contributed by atoms with Gasteiger partial charge in [-0.2, -0.15) is 0 Å². The summed E-state index contributed by atoms with van der Waals surface area (Å²) >= 11 is 0. The molecule has 0 amide bonds. The van der Waals surface area contributed by atoms with Crippen LogP contribution in [0.25, 0.3) is 0 Å². The fourth-order valence-corrected chi connectivity index (χ4v) is 3.29. The fourth-order valence-electron chi connectivity index (χ4n) is 3.29. The maximum Gasteiger partial charge on any atom is 0.197 e. The number of carbonyl (C=O) groups is 1. The van der Waals surface area contributed by atoms with Gasteiger partial charge in [0.25, 0.3) is 0 Å². The number of hydrogen-bond acceptors (Lipinski definition) is 2. The topological polar surface area (TPSA) is 26.3 Å². The molecule has 3 heteroatoms. The van der Waals surface area contributed by atoms with E-state index in [0.717, 1.165) is 18.4 Å². The monoisotopic (exact) mass is 292 g/mol. The second-order valence-corrected chi connectivity index (χ2v) is 7.13. The molecule has 1 aromatic carbocycles. The van der Waals surface area contributed by atoms with Gasteiger partial charge in [0.2, 0.25) is 0 Å². The van der Waals surface area contributed by atoms with Gasteiger partial charge < -0.3 is 4.74 Å². The van der Waals surface area contributed by atoms with E-state index in [1.807, 2.05) is 13.0 Å². The zero-order valence-electron chi connectivity index (χ0n) is 13.7. The molecule has 21 heavy (non-hydrogen) atoms. The average Bonchev–Trinajstić information content (AvgIpc) is 2.38. The third-order valence-electron chi connectivity index (χ3n) is 4.87. The molecule has 0 spiro atoms. The van der Waals surface area contributed by atoms with Gasteiger partial charge in [0.05, 0.1) is 5.56 Å². The normalized spacial score (nSPS) is 20.3. The number of methoxy groups -OCH3 is 1. The molecule has 0 unspecified atom stereocenters. The van der Waals surface area contributed by atoms with Gasteiger partial charge in [-0.05, 0) is 62.1 Å². The molecule has 0 saturated heterocycles. The highest BCUT2D eigenvalue weighted by atomic mass is 19.1. The zero-order chi connectivity index (χ0) is 15.8. The molecule has 1 aliphatic carbocycles. The minimum Gasteiger partial charge on any atom is -0.370 e. The van der Waals surface area contributed by atoms with Gasteiger partial charge in [0.15, 0.2) is 5.78 Å². The molecule has 0 N–H and O–H groups in total. The first-order valence-electron chi connectivity index (χ1n) is 7.57. The molecule has 0 bridgehead atoms. The van der Waals surface area contributed by atoms with Crippen molar-refractivity contribution in [3.8, 4) is 0 Å². The molecule has 2 rings (SSSR count). The van der Waals surface area contributed by atoms with Crippen molar-refractivity contribution >= 4 is 5.78 Å². The van der Waals surface area contributed by atoms with Gasteiger partial charge in [0.1, 0.15) is 11.4 Å². The first-order chi connectivity index (χ1) is 9.71. The summed E-state index contributed by atoms with van der Waals surface area (Å²) in [6, 6.07) is 3.28. The average molecular weight is 292 g/mol. The van der Waals surface area contributed by atoms with Gasteiger partial charge in [0, 0.05) is 7.11 Å². The predicted octanol–water partition coefficient (Wildman–Crippen LogP) is 4.61. The molecule has 1 aliphatic rings. The van der Waals surface area contributed by atoms with Crippen LogP contribution in [0.4, 0.5) is 4.39 Å². The van der Waals surface area contributed by atoms with Crippen LogP contribution >= 0.6 is 0 Å². The van der Waals surface area contributed by atoms with E-state index < -0.39 is 11.4 Å². The lowest BCUT2D eigenvalue weighted by Gasteiger charge is -2.41. The highest BCUT2D eigenvalue weighted by Crippen LogP contribution is 2.43. The number of hydrogen-bond donors (Lipinski definition) is 0. The Morgan fingerprint density at radius 3 is 2.19 bits per heavy atom. The molecular weight excluding hydrogens is 267 g/mol. The number of Topliss-reactive ketones (excluding diaryl/α,β-unsaturated/α-hetero) is 1. The number of aryl methyl sites for hydroxylation is 2. The smallest absolute Gasteiger partial charge is 0.197 e. The van der Waals surface area contributed by atoms with E-state index >= 15 is 0 Å². The molecule has 2 nitrogen and oxygen atoms in total. The van der Waals surface area contributed by atoms with Crippen LogP contribution in [0.2, 0.25) is 0 Å². The Labute approximate surface area is 126 Å². The number of halogens is 1. The van der Waals surface area contributed by atoms with Gasteiger partial charge in [-0.15, -0.1) is 0 Å². The number of ketones is 1. The highest BCUT2D eigenvalue weighted by molar-refractivity contribution is 6.04. The van der Waals surface area contributed by atoms with E-state index in [1.54, 1.807) is 14.0 Å². The van der Waals surface area contributed by atoms with Crippen LogP contribution in [0.1, 0.15) is 61.0 Å². The summed E-state index contributed by atoms with van der Waals surface area (Å²) in [7, 11) is 1.57. The molecule has 0 atom stereocenters. The summed E-state index contributed by atoms with van der Waals surface area (Å²) in [6.07, 6.45) is 3.14. The number of carbonyl (C=O) groups excluding carboxylic acids is 1. The third-order valence-corrected chi connectivity index (χ3v) is 4.87. The SMILES string of the molecule is COC1(C(=O)c2c(C)cc(C)cc2F)CCC(C)(C)CC1. The summed E-state index contributed by atoms with van der Waals surface area (Å²) in [5.74, 6) is -0.630. The second-order valence-electron chi connectivity index (χ2n) is 7.13. The quantitative estimate of drug-likeness (QED) is 0.760. The molecule has 1 aromatic rings. The van der Waals surface area contributed by atoms with Gasteiger partial charge in [-0.25, -0.2) is 4.39 Å². The predicted molar refractivity (Wildman–Crippen MR) is 82.2 cm³/mol. The molecular formula is C18H25FO2. The first kappa shape index (κ1) is 16.2. The minimum atomic E-state index is -0.865. The Morgan fingerprint density at radius 2 is 1.71 bits per heavy atom. The first-order valence-corrected chi connectivity index (χ1v) is 7.57. The van der Waals surface area contributed by atoms with E-state index in [1.165, 1.54) is 6.07 Å². The maximum atomic E-state index is 14.3. The van der Waals surface area contributed by atoms with Gasteiger partial charge in [-0.1, -0.05) is 19.9 Å². The molecule has 0 aromatic heterocycles. The van der Waals surface area contributed by atoms with E-state index in [2.05, 4.69) is 13.8 Å². The molecule has 0 aliphatic heterocycles. The minimum absolute atomic E-state index is 0.196. The number of benzene rings is 1. The Kier molecular flexibility index (Phi) is 4.25. The van der Waals surface area contributed by atoms with Crippen LogP contribution < -0.4 is 0 Å². The van der Waals surface area contributed by atoms with Crippen molar-refractivity contribution in [2.75, 3.05) is 7.11 Å². The summed E-state index contributed by atoms with van der Waals surface area (Å²) in [6.45, 7) is 8.03. The van der Waals surface area contributed by atoms with Crippen molar-refractivity contribution in [2.45, 2.75) is 59.0 Å². The van der Waals surface area contributed by atoms with Crippen LogP contribution in [-0.4, -0.2) is 18.5 Å². The summed E-state index contributed by atoms with van der Waals surface area (Å²) in [4.78, 5) is 13.0. The maximum absolute atomic E-state index is 14.3. The standard InChI is InChI=1S/C18H25FO2/c1-12-10-13(2)15(14(19)11-12)16(20)18(21-5)8-6-17(3,4)7-9-18/h10-11H,6-9H2,1-5H3. The van der Waals surface area contributed by atoms with Crippen molar-refractivity contribution in [3.63, 3.8) is 0 Å². The zero-order valence-corrected chi connectivity index (χ0v) is 13.7. The number of ether oxygens (including phenoxy) is 1. The Bertz CT molecular complexity index is 527. The Hall–Kier alpha value is -1.22. The summed E-state index contributed by atoms with van der Waals surface area (Å²) < 4.78 is 19.9. The highest BCUT2D eigenvalue weighted by Gasteiger charge is 2.45. The Balaban J connectivity index is 2.38. The summed E-state index contributed by atoms with van der Waals surface area (Å²) in [5, 5.41) is 0. The number of rotatable bonds is 3. The molecule has 116 valence electrons. The van der Waals surface area contributed by atoms with Crippen LogP contribution in [0.15, 0.2) is 12.1 Å². The van der Waals surface area contributed by atoms with E-state index in [0.29, 0.717) is 18.4 Å². The van der Waals surface area contributed by atoms with Crippen LogP contribution in [0, 0.1) is 25.1 Å². The fraction of sp³-hybridized carbons (Fsp3) is 0.611. The van der Waals surface area contributed by atoms with Crippen LogP contribution in [-0.2, 0) is 4.74 Å². The second kappa shape index (κ2) is 5.53. The van der Waals surface area contributed by atoms with Crippen molar-refractivity contribution in [2.24, 2.45) is 5.41 Å². The lowest BCUT2D eigenvalue weighted by Crippen LogP contribution is -2.46. The van der Waals surface area contributed by atoms with Crippen LogP contribution in [0.5, 0.6) is 0 Å². The van der Waals surface area contributed by atoms with Gasteiger partial charge in [-0.3, -0.25) is 4.79 Å². The van der Waals surface area contributed by atoms with E-state index in [4.69, 9.17) is 4.74 Å². The summed E-state index contributed by atoms with van der Waals surface area (Å²) in [5.41, 5.74) is 1.08. The Morgan fingerprint density at radius 1 is 1.14 bits per heavy atom. The van der Waals surface area contributed by atoms with E-state index in [9.17, 15) is 9.18 Å². The van der Waals surface area contributed by atoms with Crippen molar-refractivity contribution in [1.82, 2.24) is 0 Å². The van der Waals surface area contributed by atoms with Crippen molar-refractivity contribution < 1.29 is 13.9 Å². The lowest BCUT2D eigenvalue weighted by atomic mass is 9.68. The largest absolute Gasteiger partial charge is 0.370 e. The van der Waals surface area contributed by atoms with Gasteiger partial charge >= 0.3 is 0 Å². The lowest BCUT2D eigenvalue weighted by molar-refractivity contribution is -0.0385. The van der Waals surface area contributed by atoms with Crippen molar-refractivity contribution in [3.05, 3.63) is 34.6 Å². The van der Waals surface area contributed by atoms with Crippen molar-refractivity contribution in [1.29, 1.82) is 0 Å². The molecule has 1 fully saturated rings. The van der Waals surface area contributed by atoms with E-state index in [-0.39, 0.29) is 16.8 Å². The molecule has 0 radical (unpaired) electrons. The third kappa shape index (κ3) is 3.03.